The Morgan fingerprint density at radius 3 is 1.60 bits per heavy atom. The van der Waals surface area contributed by atoms with Gasteiger partial charge in [0.15, 0.2) is 0 Å². The molecule has 3 aromatic heterocycles. The minimum Gasteiger partial charge on any atom is -0.471 e. The highest BCUT2D eigenvalue weighted by atomic mass is 16.3. The Hall–Kier alpha value is -6.65. The Morgan fingerprint density at radius 2 is 0.982 bits per heavy atom. The molecule has 0 unspecified atom stereocenters. The standard InChI is InChI=1S/C51H38B2N2O2/c1-4-54-41-20-10-5-15-35(41)36-30-27-33(31-44(36)54)53-48-38-17-7-14-24-46(38)56-49(48)52(47-37-16-6-13-23-45(37)57-50(47)53)32-25-28-34(29-26-32)55-42-21-11-8-18-39(42)51(2,3)40-19-9-12-22-43(40)55/h5-31H,4H2,1-3H3. The molecule has 6 heteroatoms. The molecule has 10 aromatic rings. The summed E-state index contributed by atoms with van der Waals surface area (Å²) < 4.78 is 16.6. The normalized spacial score (nSPS) is 14.3. The predicted molar refractivity (Wildman–Crippen MR) is 240 cm³/mol. The van der Waals surface area contributed by atoms with Crippen LogP contribution in [-0.4, -0.2) is 18.0 Å². The second kappa shape index (κ2) is 11.9. The molecule has 2 aliphatic rings. The van der Waals surface area contributed by atoms with E-state index in [0.29, 0.717) is 0 Å². The van der Waals surface area contributed by atoms with Gasteiger partial charge in [-0.3, -0.25) is 0 Å². The summed E-state index contributed by atoms with van der Waals surface area (Å²) in [7, 11) is 0. The zero-order valence-electron chi connectivity index (χ0n) is 32.2. The molecule has 4 nitrogen and oxygen atoms in total. The first-order valence-corrected chi connectivity index (χ1v) is 20.1. The quantitative estimate of drug-likeness (QED) is 0.170. The van der Waals surface area contributed by atoms with E-state index in [1.165, 1.54) is 66.2 Å². The number of aromatic nitrogens is 1. The molecule has 12 rings (SSSR count). The zero-order chi connectivity index (χ0) is 38.0. The molecule has 7 aromatic carbocycles. The Labute approximate surface area is 332 Å². The van der Waals surface area contributed by atoms with Gasteiger partial charge in [0.25, 0.3) is 13.4 Å². The maximum atomic E-state index is 7.07. The summed E-state index contributed by atoms with van der Waals surface area (Å²) in [4.78, 5) is 2.42. The van der Waals surface area contributed by atoms with Crippen LogP contribution in [0.3, 0.4) is 0 Å². The largest absolute Gasteiger partial charge is 0.471 e. The molecule has 0 spiro atoms. The molecule has 5 heterocycles. The van der Waals surface area contributed by atoms with Crippen molar-refractivity contribution in [2.24, 2.45) is 0 Å². The Kier molecular flexibility index (Phi) is 6.82. The number of hydrogen-bond acceptors (Lipinski definition) is 3. The van der Waals surface area contributed by atoms with E-state index in [1.807, 2.05) is 0 Å². The maximum Gasteiger partial charge on any atom is 0.290 e. The fourth-order valence-electron chi connectivity index (χ4n) is 10.4. The third-order valence-corrected chi connectivity index (χ3v) is 13.0. The summed E-state index contributed by atoms with van der Waals surface area (Å²) in [5.74, 6) is 0. The summed E-state index contributed by atoms with van der Waals surface area (Å²) >= 11 is 0. The molecule has 0 N–H and O–H groups in total. The third kappa shape index (κ3) is 4.47. The third-order valence-electron chi connectivity index (χ3n) is 13.0. The van der Waals surface area contributed by atoms with Crippen molar-refractivity contribution >= 4 is 107 Å². The average Bonchev–Trinajstić information content (AvgIpc) is 3.93. The van der Waals surface area contributed by atoms with Crippen LogP contribution in [0.15, 0.2) is 173 Å². The Balaban J connectivity index is 1.07. The van der Waals surface area contributed by atoms with Gasteiger partial charge in [-0.05, 0) is 77.5 Å². The van der Waals surface area contributed by atoms with Gasteiger partial charge in [0.05, 0.1) is 22.7 Å². The van der Waals surface area contributed by atoms with Gasteiger partial charge in [0.1, 0.15) is 11.2 Å². The van der Waals surface area contributed by atoms with Gasteiger partial charge in [-0.2, -0.15) is 0 Å². The second-order valence-electron chi connectivity index (χ2n) is 16.2. The molecule has 0 amide bonds. The fraction of sp³-hybridized carbons (Fsp3) is 0.0980. The van der Waals surface area contributed by atoms with Gasteiger partial charge in [0, 0.05) is 50.2 Å². The molecule has 2 aliphatic heterocycles. The van der Waals surface area contributed by atoms with Crippen molar-refractivity contribution in [3.8, 4) is 0 Å². The number of rotatable bonds is 4. The van der Waals surface area contributed by atoms with E-state index in [2.05, 4.69) is 194 Å². The number of furan rings is 2. The van der Waals surface area contributed by atoms with Crippen molar-refractivity contribution < 1.29 is 8.83 Å². The number of nitrogens with zero attached hydrogens (tertiary/aromatic N) is 2. The number of para-hydroxylation sites is 5. The molecular formula is C51H38B2N2O2. The van der Waals surface area contributed by atoms with Gasteiger partial charge in [-0.25, -0.2) is 0 Å². The van der Waals surface area contributed by atoms with Crippen LogP contribution in [-0.2, 0) is 12.0 Å². The Morgan fingerprint density at radius 1 is 0.491 bits per heavy atom. The molecule has 0 saturated heterocycles. The molecule has 0 bridgehead atoms. The van der Waals surface area contributed by atoms with Gasteiger partial charge in [-0.15, -0.1) is 0 Å². The lowest BCUT2D eigenvalue weighted by Gasteiger charge is -2.42. The molecule has 270 valence electrons. The highest BCUT2D eigenvalue weighted by Crippen LogP contribution is 2.51. The zero-order valence-corrected chi connectivity index (χ0v) is 32.2. The average molecular weight is 733 g/mol. The van der Waals surface area contributed by atoms with Crippen molar-refractivity contribution in [3.63, 3.8) is 0 Å². The summed E-state index contributed by atoms with van der Waals surface area (Å²) in [5.41, 5.74) is 17.1. The van der Waals surface area contributed by atoms with Crippen LogP contribution >= 0.6 is 0 Å². The first kappa shape index (κ1) is 32.6. The van der Waals surface area contributed by atoms with Gasteiger partial charge in [0.2, 0.25) is 0 Å². The number of benzene rings is 7. The van der Waals surface area contributed by atoms with E-state index < -0.39 is 0 Å². The monoisotopic (exact) mass is 732 g/mol. The Bertz CT molecular complexity index is 3190. The first-order valence-electron chi connectivity index (χ1n) is 20.1. The van der Waals surface area contributed by atoms with Crippen LogP contribution < -0.4 is 38.1 Å². The van der Waals surface area contributed by atoms with Gasteiger partial charge in [-0.1, -0.05) is 140 Å². The number of fused-ring (bicyclic) bond motifs is 11. The minimum atomic E-state index is -0.165. The van der Waals surface area contributed by atoms with Crippen molar-refractivity contribution in [2.75, 3.05) is 4.90 Å². The molecule has 0 atom stereocenters. The lowest BCUT2D eigenvalue weighted by atomic mass is 9.24. The molecule has 0 aliphatic carbocycles. The van der Waals surface area contributed by atoms with Crippen molar-refractivity contribution in [1.29, 1.82) is 0 Å². The smallest absolute Gasteiger partial charge is 0.290 e. The summed E-state index contributed by atoms with van der Waals surface area (Å²) in [5, 5.41) is 4.81. The van der Waals surface area contributed by atoms with E-state index in [1.54, 1.807) is 0 Å². The van der Waals surface area contributed by atoms with Crippen LogP contribution in [0.4, 0.5) is 17.1 Å². The molecular weight excluding hydrogens is 694 g/mol. The van der Waals surface area contributed by atoms with E-state index in [0.717, 1.165) is 45.5 Å². The molecule has 0 radical (unpaired) electrons. The summed E-state index contributed by atoms with van der Waals surface area (Å²) in [6.45, 7) is 7.47. The summed E-state index contributed by atoms with van der Waals surface area (Å²) in [6.07, 6.45) is 0. The SMILES string of the molecule is CCn1c2ccccc2c2ccc(B3c4oc5ccccc5c4B(c4ccc(N5c6ccccc6C(C)(C)c6ccccc65)cc4)c4oc5ccccc5c43)cc21. The van der Waals surface area contributed by atoms with E-state index in [-0.39, 0.29) is 18.8 Å². The van der Waals surface area contributed by atoms with Crippen LogP contribution in [0, 0.1) is 0 Å². The van der Waals surface area contributed by atoms with E-state index in [9.17, 15) is 0 Å². The van der Waals surface area contributed by atoms with Crippen molar-refractivity contribution in [1.82, 2.24) is 4.57 Å². The lowest BCUT2D eigenvalue weighted by molar-refractivity contribution is 0.632. The van der Waals surface area contributed by atoms with E-state index in [4.69, 9.17) is 8.83 Å². The second-order valence-corrected chi connectivity index (χ2v) is 16.2. The van der Waals surface area contributed by atoms with Crippen molar-refractivity contribution in [3.05, 3.63) is 175 Å². The molecule has 0 fully saturated rings. The maximum absolute atomic E-state index is 7.07. The number of hydrogen-bond donors (Lipinski definition) is 0. The van der Waals surface area contributed by atoms with Crippen LogP contribution in [0.2, 0.25) is 0 Å². The highest BCUT2D eigenvalue weighted by molar-refractivity contribution is 7.12. The fourth-order valence-corrected chi connectivity index (χ4v) is 10.4. The van der Waals surface area contributed by atoms with E-state index >= 15 is 0 Å². The predicted octanol–water partition coefficient (Wildman–Crippen LogP) is 8.76. The number of aryl methyl sites for hydroxylation is 1. The van der Waals surface area contributed by atoms with Crippen LogP contribution in [0.5, 0.6) is 0 Å². The highest BCUT2D eigenvalue weighted by Gasteiger charge is 2.47. The van der Waals surface area contributed by atoms with Crippen LogP contribution in [0.25, 0.3) is 43.7 Å². The summed E-state index contributed by atoms with van der Waals surface area (Å²) in [6, 6.07) is 59.7. The lowest BCUT2D eigenvalue weighted by Crippen LogP contribution is -2.73. The molecule has 0 saturated carbocycles. The number of anilines is 3. The minimum absolute atomic E-state index is 0.115. The van der Waals surface area contributed by atoms with Gasteiger partial charge < -0.3 is 18.3 Å². The van der Waals surface area contributed by atoms with Crippen molar-refractivity contribution in [2.45, 2.75) is 32.7 Å². The molecule has 57 heavy (non-hydrogen) atoms. The van der Waals surface area contributed by atoms with Gasteiger partial charge >= 0.3 is 0 Å². The first-order chi connectivity index (χ1) is 28.0. The topological polar surface area (TPSA) is 34.5 Å². The van der Waals surface area contributed by atoms with Crippen LogP contribution in [0.1, 0.15) is 31.9 Å².